The van der Waals surface area contributed by atoms with E-state index >= 15 is 0 Å². The minimum atomic E-state index is -0.278. The van der Waals surface area contributed by atoms with Crippen LogP contribution in [0.2, 0.25) is 0 Å². The predicted octanol–water partition coefficient (Wildman–Crippen LogP) is 1.33. The summed E-state index contributed by atoms with van der Waals surface area (Å²) < 4.78 is 0. The van der Waals surface area contributed by atoms with E-state index in [1.165, 1.54) is 0 Å². The van der Waals surface area contributed by atoms with Gasteiger partial charge >= 0.3 is 0 Å². The Hall–Kier alpha value is -0.300. The fourth-order valence-electron chi connectivity index (χ4n) is 0.333. The molecule has 1 heteroatoms. The van der Waals surface area contributed by atoms with Crippen molar-refractivity contribution in [3.05, 3.63) is 12.2 Å². The van der Waals surface area contributed by atoms with Crippen LogP contribution in [0.3, 0.4) is 0 Å². The second-order valence-corrected chi connectivity index (χ2v) is 1.58. The van der Waals surface area contributed by atoms with Gasteiger partial charge in [0.25, 0.3) is 0 Å². The van der Waals surface area contributed by atoms with Crippen LogP contribution in [-0.2, 0) is 0 Å². The second-order valence-electron chi connectivity index (χ2n) is 1.58. The first-order valence-corrected chi connectivity index (χ1v) is 2.62. The molecule has 42 valence electrons. The summed E-state index contributed by atoms with van der Waals surface area (Å²) in [5, 5.41) is 8.60. The summed E-state index contributed by atoms with van der Waals surface area (Å²) in [7, 11) is 0. The van der Waals surface area contributed by atoms with E-state index < -0.39 is 0 Å². The minimum absolute atomic E-state index is 0.278. The van der Waals surface area contributed by atoms with Gasteiger partial charge in [0.05, 0.1) is 6.10 Å². The summed E-state index contributed by atoms with van der Waals surface area (Å²) >= 11 is 0. The maximum atomic E-state index is 8.60. The highest BCUT2D eigenvalue weighted by molar-refractivity contribution is 4.84. The van der Waals surface area contributed by atoms with Crippen molar-refractivity contribution >= 4 is 0 Å². The molecular formula is C6H12O. The minimum Gasteiger partial charge on any atom is -0.389 e. The van der Waals surface area contributed by atoms with Crippen LogP contribution < -0.4 is 0 Å². The highest BCUT2D eigenvalue weighted by atomic mass is 16.3. The molecule has 0 aliphatic rings. The van der Waals surface area contributed by atoms with Gasteiger partial charge in [-0.05, 0) is 13.3 Å². The first kappa shape index (κ1) is 6.70. The molecule has 1 nitrogen and oxygen atoms in total. The van der Waals surface area contributed by atoms with E-state index in [1.807, 2.05) is 13.0 Å². The monoisotopic (exact) mass is 100 g/mol. The molecule has 7 heavy (non-hydrogen) atoms. The van der Waals surface area contributed by atoms with Crippen LogP contribution >= 0.6 is 0 Å². The smallest absolute Gasteiger partial charge is 0.0692 e. The van der Waals surface area contributed by atoms with Gasteiger partial charge in [0.2, 0.25) is 0 Å². The van der Waals surface area contributed by atoms with E-state index in [1.54, 1.807) is 13.0 Å². The van der Waals surface area contributed by atoms with E-state index in [2.05, 4.69) is 0 Å². The van der Waals surface area contributed by atoms with Crippen molar-refractivity contribution in [2.75, 3.05) is 0 Å². The molecule has 0 spiro atoms. The molecule has 0 saturated heterocycles. The van der Waals surface area contributed by atoms with Gasteiger partial charge in [-0.3, -0.25) is 0 Å². The molecular weight excluding hydrogens is 88.1 g/mol. The Morgan fingerprint density at radius 1 is 1.71 bits per heavy atom. The van der Waals surface area contributed by atoms with Gasteiger partial charge in [0, 0.05) is 0 Å². The lowest BCUT2D eigenvalue weighted by Crippen LogP contribution is -1.90. The molecule has 1 N–H and O–H groups in total. The molecule has 1 atom stereocenters. The van der Waals surface area contributed by atoms with E-state index in [0.717, 1.165) is 6.42 Å². The lowest BCUT2D eigenvalue weighted by molar-refractivity contribution is 0.244. The Labute approximate surface area is 44.7 Å². The van der Waals surface area contributed by atoms with Crippen LogP contribution in [0.5, 0.6) is 0 Å². The second kappa shape index (κ2) is 3.88. The maximum absolute atomic E-state index is 8.60. The van der Waals surface area contributed by atoms with Crippen LogP contribution in [0.15, 0.2) is 12.2 Å². The average molecular weight is 100 g/mol. The number of allylic oxidation sites excluding steroid dienone is 1. The Morgan fingerprint density at radius 2 is 2.29 bits per heavy atom. The molecule has 0 aromatic heterocycles. The summed E-state index contributed by atoms with van der Waals surface area (Å²) in [6.07, 6.45) is 4.45. The molecule has 0 aliphatic carbocycles. The predicted molar refractivity (Wildman–Crippen MR) is 31.1 cm³/mol. The molecule has 0 saturated carbocycles. The van der Waals surface area contributed by atoms with Gasteiger partial charge in [-0.25, -0.2) is 0 Å². The van der Waals surface area contributed by atoms with E-state index in [4.69, 9.17) is 5.11 Å². The third kappa shape index (κ3) is 5.70. The Bertz CT molecular complexity index is 55.2. The van der Waals surface area contributed by atoms with Gasteiger partial charge in [-0.15, -0.1) is 0 Å². The van der Waals surface area contributed by atoms with Crippen molar-refractivity contribution in [2.24, 2.45) is 0 Å². The number of aliphatic hydroxyl groups excluding tert-OH is 1. The summed E-state index contributed by atoms with van der Waals surface area (Å²) in [5.74, 6) is 0. The molecule has 0 bridgehead atoms. The summed E-state index contributed by atoms with van der Waals surface area (Å²) in [4.78, 5) is 0. The van der Waals surface area contributed by atoms with Crippen molar-refractivity contribution in [1.29, 1.82) is 0 Å². The number of hydrogen-bond donors (Lipinski definition) is 1. The SMILES string of the molecule is CCC=CC(C)O. The first-order chi connectivity index (χ1) is 3.27. The van der Waals surface area contributed by atoms with Crippen molar-refractivity contribution in [3.63, 3.8) is 0 Å². The van der Waals surface area contributed by atoms with Crippen LogP contribution in [0.25, 0.3) is 0 Å². The van der Waals surface area contributed by atoms with Crippen molar-refractivity contribution in [2.45, 2.75) is 26.4 Å². The average Bonchev–Trinajstić information content (AvgIpc) is 1.61. The van der Waals surface area contributed by atoms with Gasteiger partial charge in [0.15, 0.2) is 0 Å². The Kier molecular flexibility index (Phi) is 3.71. The van der Waals surface area contributed by atoms with Crippen molar-refractivity contribution in [1.82, 2.24) is 0 Å². The molecule has 0 amide bonds. The van der Waals surface area contributed by atoms with Crippen LogP contribution in [0, 0.1) is 0 Å². The molecule has 0 radical (unpaired) electrons. The maximum Gasteiger partial charge on any atom is 0.0692 e. The molecule has 0 aromatic carbocycles. The normalized spacial score (nSPS) is 15.3. The zero-order valence-electron chi connectivity index (χ0n) is 4.89. The first-order valence-electron chi connectivity index (χ1n) is 2.62. The van der Waals surface area contributed by atoms with Crippen molar-refractivity contribution < 1.29 is 5.11 Å². The van der Waals surface area contributed by atoms with Gasteiger partial charge < -0.3 is 5.11 Å². The Morgan fingerprint density at radius 3 is 2.43 bits per heavy atom. The fraction of sp³-hybridized carbons (Fsp3) is 0.667. The van der Waals surface area contributed by atoms with Crippen LogP contribution in [-0.4, -0.2) is 11.2 Å². The van der Waals surface area contributed by atoms with Gasteiger partial charge in [-0.2, -0.15) is 0 Å². The lowest BCUT2D eigenvalue weighted by Gasteiger charge is -1.88. The molecule has 0 rings (SSSR count). The quantitative estimate of drug-likeness (QED) is 0.519. The van der Waals surface area contributed by atoms with Crippen LogP contribution in [0.1, 0.15) is 20.3 Å². The third-order valence-corrected chi connectivity index (χ3v) is 0.650. The van der Waals surface area contributed by atoms with Crippen LogP contribution in [0.4, 0.5) is 0 Å². The van der Waals surface area contributed by atoms with E-state index in [0.29, 0.717) is 0 Å². The summed E-state index contributed by atoms with van der Waals surface area (Å²) in [5.41, 5.74) is 0. The zero-order valence-corrected chi connectivity index (χ0v) is 4.89. The molecule has 0 fully saturated rings. The Balaban J connectivity index is 3.08. The van der Waals surface area contributed by atoms with E-state index in [-0.39, 0.29) is 6.10 Å². The van der Waals surface area contributed by atoms with Gasteiger partial charge in [0.1, 0.15) is 0 Å². The molecule has 0 aliphatic heterocycles. The highest BCUT2D eigenvalue weighted by Crippen LogP contribution is 1.84. The van der Waals surface area contributed by atoms with Crippen molar-refractivity contribution in [3.8, 4) is 0 Å². The molecule has 0 heterocycles. The lowest BCUT2D eigenvalue weighted by atomic mass is 10.3. The molecule has 0 aromatic rings. The highest BCUT2D eigenvalue weighted by Gasteiger charge is 1.79. The summed E-state index contributed by atoms with van der Waals surface area (Å²) in [6, 6.07) is 0. The van der Waals surface area contributed by atoms with E-state index in [9.17, 15) is 0 Å². The topological polar surface area (TPSA) is 20.2 Å². The number of hydrogen-bond acceptors (Lipinski definition) is 1. The van der Waals surface area contributed by atoms with Gasteiger partial charge in [-0.1, -0.05) is 19.1 Å². The standard InChI is InChI=1S/C6H12O/c1-3-4-5-6(2)7/h4-7H,3H2,1-2H3. The third-order valence-electron chi connectivity index (χ3n) is 0.650. The summed E-state index contributed by atoms with van der Waals surface area (Å²) in [6.45, 7) is 3.78. The number of rotatable bonds is 2. The molecule has 1 unspecified atom stereocenters. The largest absolute Gasteiger partial charge is 0.389 e. The number of aliphatic hydroxyl groups is 1. The zero-order chi connectivity index (χ0) is 5.70. The fourth-order valence-corrected chi connectivity index (χ4v) is 0.333.